The molecule has 2 aromatic rings. The van der Waals surface area contributed by atoms with E-state index in [4.69, 9.17) is 4.42 Å². The number of nitrogens with zero attached hydrogens (tertiary/aromatic N) is 1. The minimum absolute atomic E-state index is 0.0899. The van der Waals surface area contributed by atoms with Crippen molar-refractivity contribution in [3.63, 3.8) is 0 Å². The molecule has 0 bridgehead atoms. The summed E-state index contributed by atoms with van der Waals surface area (Å²) in [7, 11) is 0. The van der Waals surface area contributed by atoms with Crippen molar-refractivity contribution in [2.75, 3.05) is 19.6 Å². The number of rotatable bonds is 5. The summed E-state index contributed by atoms with van der Waals surface area (Å²) in [6.07, 6.45) is 5.98. The van der Waals surface area contributed by atoms with Crippen LogP contribution < -0.4 is 16.3 Å². The van der Waals surface area contributed by atoms with Crippen LogP contribution in [-0.4, -0.2) is 35.5 Å². The summed E-state index contributed by atoms with van der Waals surface area (Å²) >= 11 is 0. The number of H-pyrrole nitrogens is 1. The van der Waals surface area contributed by atoms with E-state index in [1.54, 1.807) is 19.4 Å². The van der Waals surface area contributed by atoms with Gasteiger partial charge in [0.05, 0.1) is 6.33 Å². The van der Waals surface area contributed by atoms with Crippen LogP contribution >= 0.6 is 0 Å². The minimum atomic E-state index is -0.561. The fraction of sp³-hybridized carbons (Fsp3) is 0.471. The topological polar surface area (TPSA) is 100 Å². The third kappa shape index (κ3) is 3.73. The van der Waals surface area contributed by atoms with E-state index < -0.39 is 11.5 Å². The first kappa shape index (κ1) is 16.4. The number of hydrogen-bond donors (Lipinski definition) is 3. The molecule has 0 spiro atoms. The third-order valence-corrected chi connectivity index (χ3v) is 4.33. The molecule has 128 valence electrons. The van der Waals surface area contributed by atoms with Crippen LogP contribution in [0.2, 0.25) is 0 Å². The summed E-state index contributed by atoms with van der Waals surface area (Å²) in [6, 6.07) is 1.82. The van der Waals surface area contributed by atoms with Crippen molar-refractivity contribution in [1.82, 2.24) is 20.6 Å². The molecule has 1 aliphatic rings. The zero-order chi connectivity index (χ0) is 16.9. The number of piperidine rings is 1. The fourth-order valence-corrected chi connectivity index (χ4v) is 3.02. The van der Waals surface area contributed by atoms with Crippen LogP contribution in [0.5, 0.6) is 0 Å². The normalized spacial score (nSPS) is 17.6. The molecule has 0 aliphatic carbocycles. The van der Waals surface area contributed by atoms with E-state index in [1.807, 2.05) is 6.07 Å². The molecule has 2 aromatic heterocycles. The van der Waals surface area contributed by atoms with Crippen molar-refractivity contribution in [3.05, 3.63) is 51.6 Å². The molecule has 1 fully saturated rings. The van der Waals surface area contributed by atoms with Crippen molar-refractivity contribution in [2.24, 2.45) is 0 Å². The molecular weight excluding hydrogens is 308 g/mol. The molecule has 7 nitrogen and oxygen atoms in total. The van der Waals surface area contributed by atoms with Gasteiger partial charge in [0.15, 0.2) is 0 Å². The molecule has 1 atom stereocenters. The molecule has 1 unspecified atom stereocenters. The number of aromatic nitrogens is 2. The molecule has 24 heavy (non-hydrogen) atoms. The summed E-state index contributed by atoms with van der Waals surface area (Å²) < 4.78 is 5.43. The second-order valence-corrected chi connectivity index (χ2v) is 6.12. The van der Waals surface area contributed by atoms with Crippen LogP contribution in [0.25, 0.3) is 0 Å². The number of aryl methyl sites for hydroxylation is 1. The smallest absolute Gasteiger partial charge is 0.349 e. The average molecular weight is 330 g/mol. The van der Waals surface area contributed by atoms with Gasteiger partial charge in [0, 0.05) is 37.3 Å². The third-order valence-electron chi connectivity index (χ3n) is 4.33. The Balaban J connectivity index is 1.68. The lowest BCUT2D eigenvalue weighted by Crippen LogP contribution is -2.32. The summed E-state index contributed by atoms with van der Waals surface area (Å²) in [5.74, 6) is 0.468. The van der Waals surface area contributed by atoms with Crippen molar-refractivity contribution in [1.29, 1.82) is 0 Å². The Labute approximate surface area is 139 Å². The number of carbonyl (C=O) groups is 1. The largest absolute Gasteiger partial charge is 0.427 e. The fourth-order valence-electron chi connectivity index (χ4n) is 3.02. The summed E-state index contributed by atoms with van der Waals surface area (Å²) in [4.78, 5) is 31.5. The van der Waals surface area contributed by atoms with Gasteiger partial charge in [0.2, 0.25) is 0 Å². The van der Waals surface area contributed by atoms with Gasteiger partial charge in [-0.3, -0.25) is 4.79 Å². The predicted octanol–water partition coefficient (Wildman–Crippen LogP) is 1.11. The molecule has 3 rings (SSSR count). The summed E-state index contributed by atoms with van der Waals surface area (Å²) in [5, 5.41) is 6.06. The quantitative estimate of drug-likeness (QED) is 0.762. The van der Waals surface area contributed by atoms with Crippen LogP contribution in [0.15, 0.2) is 27.8 Å². The highest BCUT2D eigenvalue weighted by atomic mass is 16.4. The molecule has 0 saturated carbocycles. The van der Waals surface area contributed by atoms with Crippen LogP contribution in [-0.2, 0) is 6.42 Å². The number of carbonyl (C=O) groups excluding carboxylic acids is 1. The Hall–Kier alpha value is -2.41. The zero-order valence-electron chi connectivity index (χ0n) is 13.7. The standard InChI is InChI=1S/C17H22N4O3/c1-11-7-14(12-3-2-5-18-8-12)24-17(23)15(11)16(22)20-6-4-13-9-19-10-21-13/h7,9-10,12,18H,2-6,8H2,1H3,(H,19,21)(H,20,22). The van der Waals surface area contributed by atoms with E-state index in [0.29, 0.717) is 24.3 Å². The van der Waals surface area contributed by atoms with Crippen LogP contribution in [0.4, 0.5) is 0 Å². The maximum atomic E-state index is 12.3. The first-order valence-corrected chi connectivity index (χ1v) is 8.26. The lowest BCUT2D eigenvalue weighted by Gasteiger charge is -2.22. The highest BCUT2D eigenvalue weighted by Gasteiger charge is 2.22. The van der Waals surface area contributed by atoms with Crippen LogP contribution in [0.1, 0.15) is 46.1 Å². The summed E-state index contributed by atoms with van der Waals surface area (Å²) in [6.45, 7) is 4.00. The van der Waals surface area contributed by atoms with Crippen molar-refractivity contribution >= 4 is 5.91 Å². The van der Waals surface area contributed by atoms with E-state index >= 15 is 0 Å². The highest BCUT2D eigenvalue weighted by molar-refractivity contribution is 5.95. The molecule has 1 saturated heterocycles. The van der Waals surface area contributed by atoms with Gasteiger partial charge in [0.25, 0.3) is 5.91 Å². The number of nitrogens with one attached hydrogen (secondary N) is 3. The number of aromatic amines is 1. The minimum Gasteiger partial charge on any atom is -0.427 e. The van der Waals surface area contributed by atoms with E-state index in [9.17, 15) is 9.59 Å². The first-order valence-electron chi connectivity index (χ1n) is 8.26. The second-order valence-electron chi connectivity index (χ2n) is 6.12. The van der Waals surface area contributed by atoms with Gasteiger partial charge < -0.3 is 20.0 Å². The number of hydrogen-bond acceptors (Lipinski definition) is 5. The maximum Gasteiger partial charge on any atom is 0.349 e. The van der Waals surface area contributed by atoms with Gasteiger partial charge in [-0.2, -0.15) is 0 Å². The van der Waals surface area contributed by atoms with E-state index in [2.05, 4.69) is 20.6 Å². The van der Waals surface area contributed by atoms with Crippen molar-refractivity contribution in [3.8, 4) is 0 Å². The predicted molar refractivity (Wildman–Crippen MR) is 89.2 cm³/mol. The first-order chi connectivity index (χ1) is 11.6. The van der Waals surface area contributed by atoms with Gasteiger partial charge in [-0.25, -0.2) is 9.78 Å². The Kier molecular flexibility index (Phi) is 5.10. The lowest BCUT2D eigenvalue weighted by atomic mass is 9.95. The second kappa shape index (κ2) is 7.44. The van der Waals surface area contributed by atoms with Crippen molar-refractivity contribution in [2.45, 2.75) is 32.1 Å². The van der Waals surface area contributed by atoms with Gasteiger partial charge >= 0.3 is 5.63 Å². The molecule has 7 heteroatoms. The van der Waals surface area contributed by atoms with E-state index in [0.717, 1.165) is 31.6 Å². The van der Waals surface area contributed by atoms with Gasteiger partial charge in [-0.15, -0.1) is 0 Å². The highest BCUT2D eigenvalue weighted by Crippen LogP contribution is 2.23. The Bertz CT molecular complexity index is 746. The molecule has 1 aliphatic heterocycles. The molecule has 3 heterocycles. The number of amides is 1. The van der Waals surface area contributed by atoms with Crippen LogP contribution in [0, 0.1) is 6.92 Å². The van der Waals surface area contributed by atoms with Gasteiger partial charge in [-0.05, 0) is 37.9 Å². The molecule has 1 amide bonds. The molecule has 0 aromatic carbocycles. The summed E-state index contributed by atoms with van der Waals surface area (Å²) in [5.41, 5.74) is 1.12. The van der Waals surface area contributed by atoms with Crippen molar-refractivity contribution < 1.29 is 9.21 Å². The Morgan fingerprint density at radius 1 is 1.50 bits per heavy atom. The molecule has 0 radical (unpaired) electrons. The zero-order valence-corrected chi connectivity index (χ0v) is 13.7. The number of imidazole rings is 1. The molecule has 3 N–H and O–H groups in total. The average Bonchev–Trinajstić information content (AvgIpc) is 3.08. The van der Waals surface area contributed by atoms with Gasteiger partial charge in [0.1, 0.15) is 11.3 Å². The Morgan fingerprint density at radius 3 is 3.04 bits per heavy atom. The van der Waals surface area contributed by atoms with Gasteiger partial charge in [-0.1, -0.05) is 0 Å². The molecular formula is C17H22N4O3. The van der Waals surface area contributed by atoms with Crippen LogP contribution in [0.3, 0.4) is 0 Å². The van der Waals surface area contributed by atoms with E-state index in [1.165, 1.54) is 0 Å². The monoisotopic (exact) mass is 330 g/mol. The SMILES string of the molecule is Cc1cc(C2CCCNC2)oc(=O)c1C(=O)NCCc1cnc[nH]1. The van der Waals surface area contributed by atoms with E-state index in [-0.39, 0.29) is 11.5 Å². The Morgan fingerprint density at radius 2 is 2.38 bits per heavy atom. The lowest BCUT2D eigenvalue weighted by molar-refractivity contribution is 0.0948. The maximum absolute atomic E-state index is 12.3.